The lowest BCUT2D eigenvalue weighted by Crippen LogP contribution is -2.26. The van der Waals surface area contributed by atoms with Crippen molar-refractivity contribution in [3.8, 4) is 0 Å². The lowest BCUT2D eigenvalue weighted by molar-refractivity contribution is -0.138. The molecule has 0 radical (unpaired) electrons. The lowest BCUT2D eigenvalue weighted by atomic mass is 10.2. The van der Waals surface area contributed by atoms with Crippen LogP contribution >= 0.6 is 23.4 Å². The molecule has 1 amide bonds. The molecule has 1 aliphatic rings. The summed E-state index contributed by atoms with van der Waals surface area (Å²) in [5, 5.41) is 19.2. The monoisotopic (exact) mass is 325 g/mol. The molecular weight excluding hydrogens is 314 g/mol. The molecule has 0 bridgehead atoms. The molecule has 1 atom stereocenters. The van der Waals surface area contributed by atoms with E-state index in [4.69, 9.17) is 16.7 Å². The molecule has 6 nitrogen and oxygen atoms in total. The summed E-state index contributed by atoms with van der Waals surface area (Å²) in [5.41, 5.74) is 1.75. The van der Waals surface area contributed by atoms with Crippen LogP contribution in [0.1, 0.15) is 17.5 Å². The predicted octanol–water partition coefficient (Wildman–Crippen LogP) is 2.04. The van der Waals surface area contributed by atoms with Crippen LogP contribution in [-0.2, 0) is 9.59 Å². The number of carboxylic acid groups (broad SMARTS) is 1. The number of carbonyl (C=O) groups is 2. The molecule has 1 saturated heterocycles. The zero-order valence-electron chi connectivity index (χ0n) is 11.0. The van der Waals surface area contributed by atoms with Crippen LogP contribution in [0.4, 0.5) is 0 Å². The Morgan fingerprint density at radius 2 is 2.33 bits per heavy atom. The number of amidine groups is 1. The largest absolute Gasteiger partial charge is 0.481 e. The standard InChI is InChI=1S/C13H12ClN3O3S/c1-7-2-3-8(4-9(7)14)6-15-17-13-16-12(20)10(21-13)5-11(18)19/h2-4,6,10H,5H2,1H3,(H,18,19)(H,16,17,20). The Bertz CT molecular complexity index is 646. The van der Waals surface area contributed by atoms with Crippen molar-refractivity contribution in [2.24, 2.45) is 10.2 Å². The summed E-state index contributed by atoms with van der Waals surface area (Å²) < 4.78 is 0. The minimum atomic E-state index is -1.03. The van der Waals surface area contributed by atoms with Gasteiger partial charge in [-0.1, -0.05) is 35.5 Å². The maximum atomic E-state index is 11.5. The Labute approximate surface area is 130 Å². The Balaban J connectivity index is 2.01. The second kappa shape index (κ2) is 6.73. The van der Waals surface area contributed by atoms with E-state index in [1.54, 1.807) is 6.07 Å². The molecule has 110 valence electrons. The molecular formula is C13H12ClN3O3S. The first-order chi connectivity index (χ1) is 9.95. The van der Waals surface area contributed by atoms with E-state index in [1.165, 1.54) is 6.21 Å². The van der Waals surface area contributed by atoms with Crippen LogP contribution in [0.5, 0.6) is 0 Å². The highest BCUT2D eigenvalue weighted by molar-refractivity contribution is 8.15. The van der Waals surface area contributed by atoms with Gasteiger partial charge in [-0.15, -0.1) is 5.10 Å². The third-order valence-corrected chi connectivity index (χ3v) is 4.17. The molecule has 1 aromatic rings. The number of halogens is 1. The van der Waals surface area contributed by atoms with Crippen LogP contribution in [0.15, 0.2) is 28.4 Å². The topological polar surface area (TPSA) is 91.1 Å². The molecule has 2 N–H and O–H groups in total. The average Bonchev–Trinajstić information content (AvgIpc) is 2.73. The number of thioether (sulfide) groups is 1. The Morgan fingerprint density at radius 3 is 3.00 bits per heavy atom. The van der Waals surface area contributed by atoms with Crippen molar-refractivity contribution in [3.63, 3.8) is 0 Å². The number of hydrogen-bond donors (Lipinski definition) is 2. The number of amides is 1. The van der Waals surface area contributed by atoms with Crippen molar-refractivity contribution in [1.29, 1.82) is 0 Å². The zero-order valence-corrected chi connectivity index (χ0v) is 12.6. The summed E-state index contributed by atoms with van der Waals surface area (Å²) in [5.74, 6) is -1.39. The highest BCUT2D eigenvalue weighted by Gasteiger charge is 2.32. The maximum absolute atomic E-state index is 11.5. The molecule has 1 aromatic carbocycles. The van der Waals surface area contributed by atoms with Crippen LogP contribution in [-0.4, -0.2) is 33.6 Å². The number of aryl methyl sites for hydroxylation is 1. The van der Waals surface area contributed by atoms with Crippen LogP contribution in [0.3, 0.4) is 0 Å². The number of carbonyl (C=O) groups excluding carboxylic acids is 1. The van der Waals surface area contributed by atoms with Gasteiger partial charge in [0.2, 0.25) is 5.91 Å². The third-order valence-electron chi connectivity index (χ3n) is 2.69. The van der Waals surface area contributed by atoms with Crippen molar-refractivity contribution in [3.05, 3.63) is 34.3 Å². The van der Waals surface area contributed by atoms with Gasteiger partial charge in [0.1, 0.15) is 5.25 Å². The molecule has 1 fully saturated rings. The van der Waals surface area contributed by atoms with Crippen LogP contribution in [0.25, 0.3) is 0 Å². The molecule has 8 heteroatoms. The number of hydrogen-bond acceptors (Lipinski definition) is 5. The summed E-state index contributed by atoms with van der Waals surface area (Å²) in [6.45, 7) is 1.90. The zero-order chi connectivity index (χ0) is 15.4. The van der Waals surface area contributed by atoms with Crippen LogP contribution < -0.4 is 5.32 Å². The molecule has 2 rings (SSSR count). The smallest absolute Gasteiger partial charge is 0.305 e. The number of carboxylic acids is 1. The predicted molar refractivity (Wildman–Crippen MR) is 83.0 cm³/mol. The average molecular weight is 326 g/mol. The van der Waals surface area contributed by atoms with E-state index < -0.39 is 11.2 Å². The van der Waals surface area contributed by atoms with E-state index in [0.29, 0.717) is 10.2 Å². The molecule has 0 aromatic heterocycles. The van der Waals surface area contributed by atoms with Crippen molar-refractivity contribution in [1.82, 2.24) is 5.32 Å². The fourth-order valence-electron chi connectivity index (χ4n) is 1.58. The summed E-state index contributed by atoms with van der Waals surface area (Å²) in [6, 6.07) is 5.47. The number of nitrogens with zero attached hydrogens (tertiary/aromatic N) is 2. The van der Waals surface area contributed by atoms with E-state index in [2.05, 4.69) is 15.5 Å². The molecule has 0 saturated carbocycles. The first kappa shape index (κ1) is 15.5. The first-order valence-electron chi connectivity index (χ1n) is 6.02. The van der Waals surface area contributed by atoms with E-state index in [-0.39, 0.29) is 12.3 Å². The molecule has 1 unspecified atom stereocenters. The van der Waals surface area contributed by atoms with Gasteiger partial charge in [0.15, 0.2) is 5.17 Å². The highest BCUT2D eigenvalue weighted by Crippen LogP contribution is 2.22. The molecule has 1 aliphatic heterocycles. The Kier molecular flexibility index (Phi) is 4.98. The van der Waals surface area contributed by atoms with E-state index >= 15 is 0 Å². The summed E-state index contributed by atoms with van der Waals surface area (Å²) >= 11 is 7.05. The van der Waals surface area contributed by atoms with Gasteiger partial charge in [-0.3, -0.25) is 9.59 Å². The normalized spacial score (nSPS) is 20.2. The van der Waals surface area contributed by atoms with Gasteiger partial charge >= 0.3 is 5.97 Å². The van der Waals surface area contributed by atoms with Gasteiger partial charge in [0, 0.05) is 5.02 Å². The number of aliphatic carboxylic acids is 1. The minimum absolute atomic E-state index is 0.243. The van der Waals surface area contributed by atoms with E-state index in [9.17, 15) is 9.59 Å². The van der Waals surface area contributed by atoms with Gasteiger partial charge < -0.3 is 10.4 Å². The summed E-state index contributed by atoms with van der Waals surface area (Å²) in [7, 11) is 0. The summed E-state index contributed by atoms with van der Waals surface area (Å²) in [6.07, 6.45) is 1.27. The molecule has 21 heavy (non-hydrogen) atoms. The second-order valence-corrected chi connectivity index (χ2v) is 5.95. The van der Waals surface area contributed by atoms with Crippen molar-refractivity contribution in [2.75, 3.05) is 0 Å². The quantitative estimate of drug-likeness (QED) is 0.654. The number of rotatable bonds is 4. The van der Waals surface area contributed by atoms with Crippen molar-refractivity contribution >= 4 is 46.6 Å². The number of benzene rings is 1. The highest BCUT2D eigenvalue weighted by atomic mass is 35.5. The summed E-state index contributed by atoms with van der Waals surface area (Å²) in [4.78, 5) is 22.1. The fraction of sp³-hybridized carbons (Fsp3) is 0.231. The fourth-order valence-corrected chi connectivity index (χ4v) is 2.69. The minimum Gasteiger partial charge on any atom is -0.481 e. The third kappa shape index (κ3) is 4.30. The maximum Gasteiger partial charge on any atom is 0.305 e. The molecule has 1 heterocycles. The van der Waals surface area contributed by atoms with Gasteiger partial charge in [0.05, 0.1) is 12.6 Å². The van der Waals surface area contributed by atoms with Gasteiger partial charge in [-0.25, -0.2) is 0 Å². The van der Waals surface area contributed by atoms with Crippen LogP contribution in [0, 0.1) is 6.92 Å². The van der Waals surface area contributed by atoms with Gasteiger partial charge in [0.25, 0.3) is 0 Å². The van der Waals surface area contributed by atoms with Crippen molar-refractivity contribution in [2.45, 2.75) is 18.6 Å². The molecule has 0 spiro atoms. The number of nitrogens with one attached hydrogen (secondary N) is 1. The van der Waals surface area contributed by atoms with Gasteiger partial charge in [-0.2, -0.15) is 5.10 Å². The first-order valence-corrected chi connectivity index (χ1v) is 7.28. The van der Waals surface area contributed by atoms with Gasteiger partial charge in [-0.05, 0) is 24.1 Å². The van der Waals surface area contributed by atoms with E-state index in [1.807, 2.05) is 19.1 Å². The van der Waals surface area contributed by atoms with Crippen LogP contribution in [0.2, 0.25) is 5.02 Å². The Hall–Kier alpha value is -1.86. The van der Waals surface area contributed by atoms with Crippen molar-refractivity contribution < 1.29 is 14.7 Å². The Morgan fingerprint density at radius 1 is 1.57 bits per heavy atom. The SMILES string of the molecule is Cc1ccc(C=NN=C2NC(=O)C(CC(=O)O)S2)cc1Cl. The molecule has 0 aliphatic carbocycles. The second-order valence-electron chi connectivity index (χ2n) is 4.35. The lowest BCUT2D eigenvalue weighted by Gasteiger charge is -1.98. The van der Waals surface area contributed by atoms with E-state index in [0.717, 1.165) is 22.9 Å².